The second-order valence-electron chi connectivity index (χ2n) is 4.78. The van der Waals surface area contributed by atoms with E-state index < -0.39 is 15.8 Å². The number of amides is 1. The molecule has 0 saturated carbocycles. The van der Waals surface area contributed by atoms with Crippen LogP contribution in [-0.4, -0.2) is 14.3 Å². The third-order valence-electron chi connectivity index (χ3n) is 2.86. The predicted octanol–water partition coefficient (Wildman–Crippen LogP) is 2.89. The second kappa shape index (κ2) is 6.15. The maximum Gasteiger partial charge on any atom is 0.262 e. The SMILES string of the molecule is CC(=O)Nc1cccc(NS(=O)(=O)c2ccc(F)cc2C)c1. The maximum atomic E-state index is 13.1. The number of sulfonamides is 1. The summed E-state index contributed by atoms with van der Waals surface area (Å²) in [6.45, 7) is 2.88. The lowest BCUT2D eigenvalue weighted by Gasteiger charge is -2.11. The van der Waals surface area contributed by atoms with E-state index in [1.165, 1.54) is 26.0 Å². The van der Waals surface area contributed by atoms with Crippen molar-refractivity contribution in [3.8, 4) is 0 Å². The van der Waals surface area contributed by atoms with Gasteiger partial charge in [-0.1, -0.05) is 6.07 Å². The summed E-state index contributed by atoms with van der Waals surface area (Å²) in [5.41, 5.74) is 1.09. The normalized spacial score (nSPS) is 11.0. The van der Waals surface area contributed by atoms with Gasteiger partial charge < -0.3 is 5.32 Å². The second-order valence-corrected chi connectivity index (χ2v) is 6.43. The minimum absolute atomic E-state index is 0.00108. The molecule has 0 unspecified atom stereocenters. The van der Waals surface area contributed by atoms with Crippen LogP contribution in [0, 0.1) is 12.7 Å². The number of benzene rings is 2. The number of aryl methyl sites for hydroxylation is 1. The first-order chi connectivity index (χ1) is 10.3. The highest BCUT2D eigenvalue weighted by atomic mass is 32.2. The Labute approximate surface area is 128 Å². The standard InChI is InChI=1S/C15H15FN2O3S/c1-10-8-12(16)6-7-15(10)22(20,21)18-14-5-3-4-13(9-14)17-11(2)19/h3-9,18H,1-2H3,(H,17,19). The van der Waals surface area contributed by atoms with E-state index in [0.29, 0.717) is 16.9 Å². The number of hydrogen-bond donors (Lipinski definition) is 2. The largest absolute Gasteiger partial charge is 0.326 e. The summed E-state index contributed by atoms with van der Waals surface area (Å²) in [6.07, 6.45) is 0. The van der Waals surface area contributed by atoms with Crippen LogP contribution in [0.15, 0.2) is 47.4 Å². The molecular formula is C15H15FN2O3S. The van der Waals surface area contributed by atoms with Gasteiger partial charge in [0.1, 0.15) is 5.82 Å². The molecular weight excluding hydrogens is 307 g/mol. The van der Waals surface area contributed by atoms with Gasteiger partial charge in [0.15, 0.2) is 0 Å². The summed E-state index contributed by atoms with van der Waals surface area (Å²) in [6, 6.07) is 9.77. The maximum absolute atomic E-state index is 13.1. The van der Waals surface area contributed by atoms with Gasteiger partial charge in [-0.25, -0.2) is 12.8 Å². The number of halogens is 1. The summed E-state index contributed by atoms with van der Waals surface area (Å²) in [4.78, 5) is 11.0. The molecule has 2 N–H and O–H groups in total. The van der Waals surface area contributed by atoms with Crippen molar-refractivity contribution in [3.05, 3.63) is 53.8 Å². The average Bonchev–Trinajstić information content (AvgIpc) is 2.36. The molecule has 0 radical (unpaired) electrons. The average molecular weight is 322 g/mol. The molecule has 2 aromatic rings. The van der Waals surface area contributed by atoms with Crippen LogP contribution in [0.25, 0.3) is 0 Å². The molecule has 0 heterocycles. The van der Waals surface area contributed by atoms with Gasteiger partial charge in [0.25, 0.3) is 10.0 Å². The van der Waals surface area contributed by atoms with E-state index in [2.05, 4.69) is 10.0 Å². The van der Waals surface area contributed by atoms with Crippen LogP contribution in [0.3, 0.4) is 0 Å². The van der Waals surface area contributed by atoms with Crippen LogP contribution in [0.2, 0.25) is 0 Å². The molecule has 2 rings (SSSR count). The molecule has 0 aromatic heterocycles. The fourth-order valence-corrected chi connectivity index (χ4v) is 3.27. The monoisotopic (exact) mass is 322 g/mol. The lowest BCUT2D eigenvalue weighted by atomic mass is 10.2. The van der Waals surface area contributed by atoms with Gasteiger partial charge in [-0.2, -0.15) is 0 Å². The van der Waals surface area contributed by atoms with Crippen molar-refractivity contribution in [3.63, 3.8) is 0 Å². The smallest absolute Gasteiger partial charge is 0.262 e. The summed E-state index contributed by atoms with van der Waals surface area (Å²) in [5, 5.41) is 2.57. The van der Waals surface area contributed by atoms with E-state index in [9.17, 15) is 17.6 Å². The summed E-state index contributed by atoms with van der Waals surface area (Å²) in [5.74, 6) is -0.751. The van der Waals surface area contributed by atoms with Crippen molar-refractivity contribution in [2.75, 3.05) is 10.0 Å². The van der Waals surface area contributed by atoms with E-state index in [1.807, 2.05) is 0 Å². The molecule has 22 heavy (non-hydrogen) atoms. The van der Waals surface area contributed by atoms with Gasteiger partial charge in [0, 0.05) is 12.6 Å². The Hall–Kier alpha value is -2.41. The van der Waals surface area contributed by atoms with Gasteiger partial charge in [0.05, 0.1) is 10.6 Å². The lowest BCUT2D eigenvalue weighted by molar-refractivity contribution is -0.114. The van der Waals surface area contributed by atoms with E-state index in [-0.39, 0.29) is 10.8 Å². The number of carbonyl (C=O) groups excluding carboxylic acids is 1. The molecule has 0 saturated heterocycles. The Balaban J connectivity index is 2.30. The van der Waals surface area contributed by atoms with Gasteiger partial charge in [-0.05, 0) is 48.9 Å². The van der Waals surface area contributed by atoms with Crippen molar-refractivity contribution >= 4 is 27.3 Å². The third kappa shape index (κ3) is 3.82. The number of nitrogens with one attached hydrogen (secondary N) is 2. The van der Waals surface area contributed by atoms with Crippen LogP contribution in [0.5, 0.6) is 0 Å². The molecule has 0 spiro atoms. The van der Waals surface area contributed by atoms with Crippen molar-refractivity contribution in [1.82, 2.24) is 0 Å². The van der Waals surface area contributed by atoms with Crippen LogP contribution < -0.4 is 10.0 Å². The number of rotatable bonds is 4. The molecule has 5 nitrogen and oxygen atoms in total. The van der Waals surface area contributed by atoms with Crippen LogP contribution in [0.4, 0.5) is 15.8 Å². The van der Waals surface area contributed by atoms with Crippen molar-refractivity contribution < 1.29 is 17.6 Å². The fraction of sp³-hybridized carbons (Fsp3) is 0.133. The van der Waals surface area contributed by atoms with E-state index >= 15 is 0 Å². The van der Waals surface area contributed by atoms with Gasteiger partial charge in [0.2, 0.25) is 5.91 Å². The molecule has 1 amide bonds. The summed E-state index contributed by atoms with van der Waals surface area (Å²) in [7, 11) is -3.84. The molecule has 0 aliphatic heterocycles. The molecule has 0 bridgehead atoms. The third-order valence-corrected chi connectivity index (χ3v) is 4.40. The first-order valence-corrected chi connectivity index (χ1v) is 7.93. The Bertz CT molecular complexity index is 819. The van der Waals surface area contributed by atoms with E-state index in [0.717, 1.165) is 12.1 Å². The van der Waals surface area contributed by atoms with Crippen LogP contribution in [-0.2, 0) is 14.8 Å². The molecule has 0 atom stereocenters. The number of hydrogen-bond acceptors (Lipinski definition) is 3. The first-order valence-electron chi connectivity index (χ1n) is 6.44. The van der Waals surface area contributed by atoms with Crippen molar-refractivity contribution in [2.24, 2.45) is 0 Å². The molecule has 7 heteroatoms. The van der Waals surface area contributed by atoms with Gasteiger partial charge in [-0.15, -0.1) is 0 Å². The van der Waals surface area contributed by atoms with Gasteiger partial charge in [-0.3, -0.25) is 9.52 Å². The zero-order valence-corrected chi connectivity index (χ0v) is 12.9. The highest BCUT2D eigenvalue weighted by molar-refractivity contribution is 7.92. The highest BCUT2D eigenvalue weighted by Crippen LogP contribution is 2.22. The zero-order chi connectivity index (χ0) is 16.3. The quantitative estimate of drug-likeness (QED) is 0.909. The topological polar surface area (TPSA) is 75.3 Å². The molecule has 0 fully saturated rings. The Morgan fingerprint density at radius 1 is 1.09 bits per heavy atom. The number of anilines is 2. The minimum atomic E-state index is -3.84. The zero-order valence-electron chi connectivity index (χ0n) is 12.1. The molecule has 0 aliphatic carbocycles. The highest BCUT2D eigenvalue weighted by Gasteiger charge is 2.17. The molecule has 0 aliphatic rings. The lowest BCUT2D eigenvalue weighted by Crippen LogP contribution is -2.14. The van der Waals surface area contributed by atoms with Crippen LogP contribution in [0.1, 0.15) is 12.5 Å². The minimum Gasteiger partial charge on any atom is -0.326 e. The van der Waals surface area contributed by atoms with Gasteiger partial charge >= 0.3 is 0 Å². The summed E-state index contributed by atoms with van der Waals surface area (Å²) < 4.78 is 40.2. The Morgan fingerprint density at radius 3 is 2.41 bits per heavy atom. The molecule has 2 aromatic carbocycles. The van der Waals surface area contributed by atoms with Crippen molar-refractivity contribution in [2.45, 2.75) is 18.7 Å². The predicted molar refractivity (Wildman–Crippen MR) is 82.7 cm³/mol. The Morgan fingerprint density at radius 2 is 1.77 bits per heavy atom. The van der Waals surface area contributed by atoms with Crippen LogP contribution >= 0.6 is 0 Å². The van der Waals surface area contributed by atoms with E-state index in [1.54, 1.807) is 18.2 Å². The number of carbonyl (C=O) groups is 1. The Kier molecular flexibility index (Phi) is 4.46. The summed E-state index contributed by atoms with van der Waals surface area (Å²) >= 11 is 0. The molecule has 116 valence electrons. The first kappa shape index (κ1) is 16.0. The fourth-order valence-electron chi connectivity index (χ4n) is 1.99. The van der Waals surface area contributed by atoms with E-state index in [4.69, 9.17) is 0 Å². The van der Waals surface area contributed by atoms with Crippen molar-refractivity contribution in [1.29, 1.82) is 0 Å².